The van der Waals surface area contributed by atoms with Gasteiger partial charge in [-0.05, 0) is 31.7 Å². The fourth-order valence-corrected chi connectivity index (χ4v) is 2.82. The molecule has 1 aliphatic carbocycles. The number of piperazine rings is 1. The van der Waals surface area contributed by atoms with Crippen LogP contribution in [0.25, 0.3) is 0 Å². The minimum absolute atomic E-state index is 0.0764. The minimum Gasteiger partial charge on any atom is -0.340 e. The maximum absolute atomic E-state index is 13.1. The van der Waals surface area contributed by atoms with E-state index in [1.807, 2.05) is 11.9 Å². The molecule has 22 heavy (non-hydrogen) atoms. The molecule has 1 aromatic carbocycles. The molecule has 6 heteroatoms. The Hall–Kier alpha value is -1.95. The summed E-state index contributed by atoms with van der Waals surface area (Å²) in [4.78, 5) is 28.5. The molecule has 1 N–H and O–H groups in total. The molecule has 2 amide bonds. The summed E-state index contributed by atoms with van der Waals surface area (Å²) in [6.07, 6.45) is 0.590. The Morgan fingerprint density at radius 1 is 1.18 bits per heavy atom. The van der Waals surface area contributed by atoms with E-state index in [9.17, 15) is 14.0 Å². The zero-order chi connectivity index (χ0) is 15.7. The number of hydrogen-bond acceptors (Lipinski definition) is 3. The summed E-state index contributed by atoms with van der Waals surface area (Å²) < 4.78 is 13.1. The molecule has 118 valence electrons. The maximum Gasteiger partial charge on any atom is 0.228 e. The van der Waals surface area contributed by atoms with Gasteiger partial charge in [-0.25, -0.2) is 4.39 Å². The second kappa shape index (κ2) is 6.04. The van der Waals surface area contributed by atoms with E-state index in [-0.39, 0.29) is 23.7 Å². The van der Waals surface area contributed by atoms with Gasteiger partial charge in [-0.15, -0.1) is 0 Å². The summed E-state index contributed by atoms with van der Waals surface area (Å²) in [6.45, 7) is 3.20. The number of benzene rings is 1. The first kappa shape index (κ1) is 15.0. The van der Waals surface area contributed by atoms with Crippen molar-refractivity contribution in [3.05, 3.63) is 30.1 Å². The van der Waals surface area contributed by atoms with Gasteiger partial charge in [0.05, 0.1) is 11.8 Å². The van der Waals surface area contributed by atoms with Crippen LogP contribution in [0.3, 0.4) is 0 Å². The predicted octanol–water partition coefficient (Wildman–Crippen LogP) is 1.17. The van der Waals surface area contributed by atoms with Gasteiger partial charge in [-0.3, -0.25) is 9.59 Å². The van der Waals surface area contributed by atoms with E-state index in [0.29, 0.717) is 12.1 Å². The van der Waals surface area contributed by atoms with Gasteiger partial charge in [-0.1, -0.05) is 6.07 Å². The van der Waals surface area contributed by atoms with Gasteiger partial charge >= 0.3 is 0 Å². The van der Waals surface area contributed by atoms with Crippen LogP contribution in [0, 0.1) is 17.7 Å². The van der Waals surface area contributed by atoms with E-state index >= 15 is 0 Å². The van der Waals surface area contributed by atoms with Gasteiger partial charge in [0.1, 0.15) is 5.82 Å². The number of rotatable bonds is 3. The standard InChI is InChI=1S/C16H20FN3O2/c1-19-5-7-20(8-6-19)16(22)14-10-13(14)15(21)18-12-4-2-3-11(17)9-12/h2-4,9,13-14H,5-8,10H2,1H3,(H,18,21). The van der Waals surface area contributed by atoms with Crippen molar-refractivity contribution in [1.29, 1.82) is 0 Å². The first-order valence-electron chi connectivity index (χ1n) is 7.58. The highest BCUT2D eigenvalue weighted by Gasteiger charge is 2.49. The van der Waals surface area contributed by atoms with Crippen LogP contribution in [-0.4, -0.2) is 54.8 Å². The molecule has 1 aliphatic heterocycles. The highest BCUT2D eigenvalue weighted by Crippen LogP contribution is 2.41. The molecule has 0 spiro atoms. The Labute approximate surface area is 129 Å². The quantitative estimate of drug-likeness (QED) is 0.912. The number of hydrogen-bond donors (Lipinski definition) is 1. The molecule has 3 rings (SSSR count). The van der Waals surface area contributed by atoms with Crippen LogP contribution in [0.5, 0.6) is 0 Å². The van der Waals surface area contributed by atoms with Crippen molar-refractivity contribution >= 4 is 17.5 Å². The molecule has 2 atom stereocenters. The number of nitrogens with one attached hydrogen (secondary N) is 1. The van der Waals surface area contributed by atoms with Crippen LogP contribution in [0.1, 0.15) is 6.42 Å². The topological polar surface area (TPSA) is 52.7 Å². The molecule has 1 saturated heterocycles. The average molecular weight is 305 g/mol. The van der Waals surface area contributed by atoms with E-state index in [1.54, 1.807) is 12.1 Å². The fraction of sp³-hybridized carbons (Fsp3) is 0.500. The largest absolute Gasteiger partial charge is 0.340 e. The van der Waals surface area contributed by atoms with Crippen molar-refractivity contribution in [2.45, 2.75) is 6.42 Å². The number of halogens is 1. The van der Waals surface area contributed by atoms with Crippen LogP contribution < -0.4 is 5.32 Å². The summed E-state index contributed by atoms with van der Waals surface area (Å²) in [5.41, 5.74) is 0.433. The molecule has 0 aromatic heterocycles. The second-order valence-corrected chi connectivity index (χ2v) is 6.08. The average Bonchev–Trinajstić information content (AvgIpc) is 3.28. The molecule has 0 bridgehead atoms. The van der Waals surface area contributed by atoms with Crippen LogP contribution in [-0.2, 0) is 9.59 Å². The third kappa shape index (κ3) is 3.27. The van der Waals surface area contributed by atoms with Crippen molar-refractivity contribution in [3.63, 3.8) is 0 Å². The zero-order valence-corrected chi connectivity index (χ0v) is 12.6. The molecule has 2 fully saturated rings. The van der Waals surface area contributed by atoms with Crippen LogP contribution in [0.4, 0.5) is 10.1 Å². The van der Waals surface area contributed by atoms with E-state index in [2.05, 4.69) is 10.2 Å². The Balaban J connectivity index is 1.53. The fourth-order valence-electron chi connectivity index (χ4n) is 2.82. The lowest BCUT2D eigenvalue weighted by Crippen LogP contribution is -2.48. The lowest BCUT2D eigenvalue weighted by Gasteiger charge is -2.32. The lowest BCUT2D eigenvalue weighted by atomic mass is 10.2. The van der Waals surface area contributed by atoms with Gasteiger partial charge in [0.15, 0.2) is 0 Å². The van der Waals surface area contributed by atoms with Crippen LogP contribution in [0.2, 0.25) is 0 Å². The van der Waals surface area contributed by atoms with Crippen molar-refractivity contribution in [1.82, 2.24) is 9.80 Å². The summed E-state index contributed by atoms with van der Waals surface area (Å²) in [6, 6.07) is 5.79. The molecule has 2 unspecified atom stereocenters. The molecular formula is C16H20FN3O2. The number of amides is 2. The smallest absolute Gasteiger partial charge is 0.228 e. The molecule has 1 aromatic rings. The van der Waals surface area contributed by atoms with Crippen molar-refractivity contribution in [3.8, 4) is 0 Å². The first-order valence-corrected chi connectivity index (χ1v) is 7.58. The van der Waals surface area contributed by atoms with E-state index in [1.165, 1.54) is 12.1 Å². The maximum atomic E-state index is 13.1. The minimum atomic E-state index is -0.390. The number of carbonyl (C=O) groups excluding carboxylic acids is 2. The molecule has 1 heterocycles. The number of carbonyl (C=O) groups is 2. The van der Waals surface area contributed by atoms with Gasteiger partial charge < -0.3 is 15.1 Å². The molecule has 5 nitrogen and oxygen atoms in total. The highest BCUT2D eigenvalue weighted by molar-refractivity contribution is 5.99. The SMILES string of the molecule is CN1CCN(C(=O)C2CC2C(=O)Nc2cccc(F)c2)CC1. The van der Waals surface area contributed by atoms with Gasteiger partial charge in [-0.2, -0.15) is 0 Å². The summed E-state index contributed by atoms with van der Waals surface area (Å²) in [5, 5.41) is 2.68. The summed E-state index contributed by atoms with van der Waals surface area (Å²) in [7, 11) is 2.04. The lowest BCUT2D eigenvalue weighted by molar-refractivity contribution is -0.135. The van der Waals surface area contributed by atoms with E-state index < -0.39 is 5.82 Å². The van der Waals surface area contributed by atoms with Gasteiger partial charge in [0, 0.05) is 31.9 Å². The molecule has 2 aliphatic rings. The van der Waals surface area contributed by atoms with E-state index in [4.69, 9.17) is 0 Å². The molecule has 1 saturated carbocycles. The Morgan fingerprint density at radius 3 is 2.59 bits per heavy atom. The third-order valence-electron chi connectivity index (χ3n) is 4.35. The first-order chi connectivity index (χ1) is 10.5. The normalized spacial score (nSPS) is 24.9. The van der Waals surface area contributed by atoms with Crippen LogP contribution >= 0.6 is 0 Å². The zero-order valence-electron chi connectivity index (χ0n) is 12.6. The number of nitrogens with zero attached hydrogens (tertiary/aromatic N) is 2. The summed E-state index contributed by atoms with van der Waals surface area (Å²) in [5.74, 6) is -1.00. The number of anilines is 1. The van der Waals surface area contributed by atoms with Crippen molar-refractivity contribution in [2.75, 3.05) is 38.5 Å². The molecule has 0 radical (unpaired) electrons. The summed E-state index contributed by atoms with van der Waals surface area (Å²) >= 11 is 0. The van der Waals surface area contributed by atoms with Crippen LogP contribution in [0.15, 0.2) is 24.3 Å². The van der Waals surface area contributed by atoms with Gasteiger partial charge in [0.2, 0.25) is 11.8 Å². The highest BCUT2D eigenvalue weighted by atomic mass is 19.1. The Kier molecular flexibility index (Phi) is 4.11. The Bertz CT molecular complexity index is 585. The third-order valence-corrected chi connectivity index (χ3v) is 4.35. The number of likely N-dealkylation sites (N-methyl/N-ethyl adjacent to an activating group) is 1. The second-order valence-electron chi connectivity index (χ2n) is 6.08. The van der Waals surface area contributed by atoms with Crippen molar-refractivity contribution < 1.29 is 14.0 Å². The van der Waals surface area contributed by atoms with Crippen molar-refractivity contribution in [2.24, 2.45) is 11.8 Å². The predicted molar refractivity (Wildman–Crippen MR) is 80.7 cm³/mol. The van der Waals surface area contributed by atoms with Gasteiger partial charge in [0.25, 0.3) is 0 Å². The monoisotopic (exact) mass is 305 g/mol. The van der Waals surface area contributed by atoms with E-state index in [0.717, 1.165) is 26.2 Å². The Morgan fingerprint density at radius 2 is 1.91 bits per heavy atom. The molecular weight excluding hydrogens is 285 g/mol.